The summed E-state index contributed by atoms with van der Waals surface area (Å²) < 4.78 is 2.17. The Morgan fingerprint density at radius 3 is 1.71 bits per heavy atom. The summed E-state index contributed by atoms with van der Waals surface area (Å²) in [5, 5.41) is 7.89. The van der Waals surface area contributed by atoms with Crippen molar-refractivity contribution in [1.82, 2.24) is 9.61 Å². The normalized spacial score (nSPS) is 12.6. The quantitative estimate of drug-likeness (QED) is 0.152. The van der Waals surface area contributed by atoms with Crippen molar-refractivity contribution < 1.29 is 0 Å². The zero-order valence-electron chi connectivity index (χ0n) is 36.4. The van der Waals surface area contributed by atoms with E-state index in [4.69, 9.17) is 5.10 Å². The lowest BCUT2D eigenvalue weighted by Crippen LogP contribution is -2.16. The summed E-state index contributed by atoms with van der Waals surface area (Å²) in [5.41, 5.74) is 20.7. The van der Waals surface area contributed by atoms with Gasteiger partial charge in [-0.3, -0.25) is 0 Å². The van der Waals surface area contributed by atoms with Crippen LogP contribution in [0, 0.1) is 0 Å². The van der Waals surface area contributed by atoms with E-state index in [1.165, 1.54) is 44.2 Å². The summed E-state index contributed by atoms with van der Waals surface area (Å²) >= 11 is 0. The van der Waals surface area contributed by atoms with E-state index in [2.05, 4.69) is 260 Å². The number of aromatic nitrogens is 2. The second-order valence-electron chi connectivity index (χ2n) is 17.6. The molecular weight excluding hydrogens is 787 g/mol. The van der Waals surface area contributed by atoms with E-state index in [0.29, 0.717) is 0 Å². The zero-order chi connectivity index (χ0) is 43.5. The maximum atomic E-state index is 5.54. The maximum Gasteiger partial charge on any atom is 0.101 e. The van der Waals surface area contributed by atoms with Crippen LogP contribution in [0.3, 0.4) is 0 Å². The van der Waals surface area contributed by atoms with Crippen LogP contribution in [0.2, 0.25) is 0 Å². The minimum atomic E-state index is -0.127. The second kappa shape index (κ2) is 15.5. The Bertz CT molecular complexity index is 3550. The van der Waals surface area contributed by atoms with Crippen LogP contribution < -0.4 is 4.90 Å². The highest BCUT2D eigenvalue weighted by Crippen LogP contribution is 2.51. The number of nitrogens with zero attached hydrogens (tertiary/aromatic N) is 3. The molecule has 0 aliphatic heterocycles. The minimum absolute atomic E-state index is 0.127. The predicted molar refractivity (Wildman–Crippen MR) is 272 cm³/mol. The number of pyridine rings is 1. The summed E-state index contributed by atoms with van der Waals surface area (Å²) in [6, 6.07) is 85.7. The fourth-order valence-corrected chi connectivity index (χ4v) is 10.2. The van der Waals surface area contributed by atoms with E-state index < -0.39 is 0 Å². The van der Waals surface area contributed by atoms with Gasteiger partial charge >= 0.3 is 0 Å². The number of fused-ring (bicyclic) bond motifs is 6. The molecule has 3 heteroatoms. The van der Waals surface area contributed by atoms with Gasteiger partial charge in [-0.1, -0.05) is 202 Å². The molecule has 0 N–H and O–H groups in total. The Morgan fingerprint density at radius 2 is 0.938 bits per heavy atom. The smallest absolute Gasteiger partial charge is 0.101 e. The van der Waals surface area contributed by atoms with Gasteiger partial charge in [-0.2, -0.15) is 5.10 Å². The third-order valence-corrected chi connectivity index (χ3v) is 13.4. The molecule has 2 heterocycles. The van der Waals surface area contributed by atoms with Gasteiger partial charge in [0.05, 0.1) is 11.2 Å². The topological polar surface area (TPSA) is 20.5 Å². The van der Waals surface area contributed by atoms with Gasteiger partial charge in [-0.15, -0.1) is 0 Å². The SMILES string of the molecule is CC1(C)c2ccccc2-c2ccc(N(c3ccc(-c4ccccc4)cc3)c3cccc(-c4cccc(-c5nn6c(-c7ccccc7)cc7ccccc7c6c5-c5ccccc5)c4)c3)cc21. The van der Waals surface area contributed by atoms with Gasteiger partial charge in [0.1, 0.15) is 5.69 Å². The van der Waals surface area contributed by atoms with Crippen LogP contribution in [-0.2, 0) is 5.41 Å². The van der Waals surface area contributed by atoms with Crippen molar-refractivity contribution in [3.63, 3.8) is 0 Å². The molecule has 0 saturated heterocycles. The molecule has 9 aromatic carbocycles. The molecule has 0 atom stereocenters. The Morgan fingerprint density at radius 1 is 0.385 bits per heavy atom. The second-order valence-corrected chi connectivity index (χ2v) is 17.6. The summed E-state index contributed by atoms with van der Waals surface area (Å²) in [4.78, 5) is 2.41. The van der Waals surface area contributed by atoms with Crippen LogP contribution in [0.25, 0.3) is 83.3 Å². The third-order valence-electron chi connectivity index (χ3n) is 13.4. The molecular formula is C62H45N3. The summed E-state index contributed by atoms with van der Waals surface area (Å²) in [6.07, 6.45) is 0. The molecule has 308 valence electrons. The number of hydrogen-bond donors (Lipinski definition) is 0. The van der Waals surface area contributed by atoms with Gasteiger partial charge in [0.15, 0.2) is 0 Å². The molecule has 0 radical (unpaired) electrons. The average molecular weight is 832 g/mol. The monoisotopic (exact) mass is 831 g/mol. The maximum absolute atomic E-state index is 5.54. The Kier molecular flexibility index (Phi) is 9.17. The molecule has 1 aliphatic carbocycles. The molecule has 3 nitrogen and oxygen atoms in total. The van der Waals surface area contributed by atoms with Crippen LogP contribution in [-0.4, -0.2) is 9.61 Å². The molecule has 12 rings (SSSR count). The highest BCUT2D eigenvalue weighted by molar-refractivity contribution is 6.08. The number of hydrogen-bond acceptors (Lipinski definition) is 2. The first-order valence-corrected chi connectivity index (χ1v) is 22.5. The van der Waals surface area contributed by atoms with Gasteiger partial charge in [0.2, 0.25) is 0 Å². The summed E-state index contributed by atoms with van der Waals surface area (Å²) in [5.74, 6) is 0. The van der Waals surface area contributed by atoms with Crippen LogP contribution in [0.1, 0.15) is 25.0 Å². The van der Waals surface area contributed by atoms with Gasteiger partial charge in [-0.25, -0.2) is 4.52 Å². The third kappa shape index (κ3) is 6.55. The van der Waals surface area contributed by atoms with Crippen molar-refractivity contribution in [2.75, 3.05) is 4.90 Å². The Labute approximate surface area is 380 Å². The lowest BCUT2D eigenvalue weighted by atomic mass is 9.82. The van der Waals surface area contributed by atoms with Crippen molar-refractivity contribution in [3.05, 3.63) is 248 Å². The molecule has 0 amide bonds. The molecule has 0 bridgehead atoms. The highest BCUT2D eigenvalue weighted by Gasteiger charge is 2.36. The van der Waals surface area contributed by atoms with E-state index in [0.717, 1.165) is 67.3 Å². The van der Waals surface area contributed by atoms with E-state index >= 15 is 0 Å². The van der Waals surface area contributed by atoms with Gasteiger partial charge < -0.3 is 4.90 Å². The molecule has 65 heavy (non-hydrogen) atoms. The summed E-state index contributed by atoms with van der Waals surface area (Å²) in [7, 11) is 0. The first kappa shape index (κ1) is 38.4. The van der Waals surface area contributed by atoms with Crippen molar-refractivity contribution in [3.8, 4) is 67.0 Å². The van der Waals surface area contributed by atoms with Gasteiger partial charge in [0, 0.05) is 44.6 Å². The van der Waals surface area contributed by atoms with Crippen molar-refractivity contribution in [2.45, 2.75) is 19.3 Å². The molecule has 0 spiro atoms. The largest absolute Gasteiger partial charge is 0.310 e. The highest BCUT2D eigenvalue weighted by atomic mass is 15.2. The van der Waals surface area contributed by atoms with Crippen molar-refractivity contribution in [1.29, 1.82) is 0 Å². The predicted octanol–water partition coefficient (Wildman–Crippen LogP) is 16.6. The fourth-order valence-electron chi connectivity index (χ4n) is 10.2. The average Bonchev–Trinajstić information content (AvgIpc) is 3.88. The van der Waals surface area contributed by atoms with Gasteiger partial charge in [-0.05, 0) is 104 Å². The lowest BCUT2D eigenvalue weighted by Gasteiger charge is -2.28. The van der Waals surface area contributed by atoms with E-state index in [-0.39, 0.29) is 5.41 Å². The standard InChI is InChI=1S/C62H45N3/c1-62(2)56-31-15-14-30-54(56)55-37-36-52(41-57(55)62)64(50-34-32-43(33-35-50)42-18-6-3-7-19-42)51-28-17-26-47(39-51)46-25-16-27-49(38-46)60-59(45-22-10-5-11-23-45)61-53-29-13-12-24-48(53)40-58(65(61)63-60)44-20-8-4-9-21-44/h3-41H,1-2H3. The molecule has 0 saturated carbocycles. The first-order chi connectivity index (χ1) is 32.0. The first-order valence-electron chi connectivity index (χ1n) is 22.5. The Hall–Kier alpha value is -8.27. The van der Waals surface area contributed by atoms with Crippen LogP contribution in [0.5, 0.6) is 0 Å². The molecule has 11 aromatic rings. The summed E-state index contributed by atoms with van der Waals surface area (Å²) in [6.45, 7) is 4.70. The Balaban J connectivity index is 1.01. The van der Waals surface area contributed by atoms with Crippen LogP contribution in [0.15, 0.2) is 237 Å². The van der Waals surface area contributed by atoms with E-state index in [1.807, 2.05) is 0 Å². The number of benzene rings is 9. The molecule has 2 aromatic heterocycles. The molecule has 0 unspecified atom stereocenters. The fraction of sp³-hybridized carbons (Fsp3) is 0.0484. The van der Waals surface area contributed by atoms with Crippen molar-refractivity contribution >= 4 is 33.4 Å². The van der Waals surface area contributed by atoms with Gasteiger partial charge in [0.25, 0.3) is 0 Å². The van der Waals surface area contributed by atoms with Crippen molar-refractivity contribution in [2.24, 2.45) is 0 Å². The molecule has 1 aliphatic rings. The van der Waals surface area contributed by atoms with E-state index in [1.54, 1.807) is 0 Å². The number of rotatable bonds is 8. The van der Waals surface area contributed by atoms with E-state index in [9.17, 15) is 0 Å². The number of anilines is 3. The minimum Gasteiger partial charge on any atom is -0.310 e. The zero-order valence-corrected chi connectivity index (χ0v) is 36.4. The lowest BCUT2D eigenvalue weighted by molar-refractivity contribution is 0.660. The molecule has 0 fully saturated rings. The van der Waals surface area contributed by atoms with Crippen LogP contribution in [0.4, 0.5) is 17.1 Å². The van der Waals surface area contributed by atoms with Crippen LogP contribution >= 0.6 is 0 Å².